The Morgan fingerprint density at radius 2 is 1.78 bits per heavy atom. The number of hydrogen-bond acceptors (Lipinski definition) is 5. The van der Waals surface area contributed by atoms with Crippen molar-refractivity contribution in [1.29, 1.82) is 0 Å². The van der Waals surface area contributed by atoms with Crippen molar-refractivity contribution in [3.8, 4) is 5.75 Å². The summed E-state index contributed by atoms with van der Waals surface area (Å²) in [6, 6.07) is 18.1. The van der Waals surface area contributed by atoms with Crippen LogP contribution >= 0.6 is 0 Å². The smallest absolute Gasteiger partial charge is 0.326 e. The lowest BCUT2D eigenvalue weighted by atomic mass is 10.0. The first-order valence-corrected chi connectivity index (χ1v) is 11.3. The van der Waals surface area contributed by atoms with Gasteiger partial charge in [-0.25, -0.2) is 4.79 Å². The molecular formula is C27H25N3O6. The van der Waals surface area contributed by atoms with Crippen LogP contribution in [0.15, 0.2) is 72.8 Å². The highest BCUT2D eigenvalue weighted by molar-refractivity contribution is 6.17. The van der Waals surface area contributed by atoms with Gasteiger partial charge in [-0.1, -0.05) is 36.4 Å². The van der Waals surface area contributed by atoms with Crippen LogP contribution in [0.1, 0.15) is 33.2 Å². The van der Waals surface area contributed by atoms with Crippen LogP contribution < -0.4 is 20.3 Å². The van der Waals surface area contributed by atoms with Gasteiger partial charge in [-0.2, -0.15) is 0 Å². The molecule has 2 unspecified atom stereocenters. The number of carbonyl (C=O) groups is 4. The average molecular weight is 488 g/mol. The lowest BCUT2D eigenvalue weighted by molar-refractivity contribution is -0.139. The highest BCUT2D eigenvalue weighted by atomic mass is 16.5. The molecule has 3 aromatic rings. The molecule has 0 fully saturated rings. The Morgan fingerprint density at radius 1 is 1.03 bits per heavy atom. The van der Waals surface area contributed by atoms with E-state index < -0.39 is 35.8 Å². The van der Waals surface area contributed by atoms with Crippen LogP contribution in [0, 0.1) is 0 Å². The standard InChI is InChI=1S/C27H25N3O6/c1-16-24(31)28-21-15-18(25(32)29-22(27(34)35)13-17-7-4-3-5-8-17)11-12-23(21)30(16)26(33)19-9-6-10-20(14-19)36-2/h3-12,14-16,22H,13H2,1-2H3,(H,28,31)(H,29,32)(H,34,35). The Balaban J connectivity index is 1.60. The molecule has 3 N–H and O–H groups in total. The maximum absolute atomic E-state index is 13.3. The van der Waals surface area contributed by atoms with Crippen LogP contribution in [0.25, 0.3) is 0 Å². The van der Waals surface area contributed by atoms with E-state index in [2.05, 4.69) is 10.6 Å². The van der Waals surface area contributed by atoms with E-state index in [1.807, 2.05) is 6.07 Å². The molecule has 184 valence electrons. The van der Waals surface area contributed by atoms with Gasteiger partial charge in [-0.3, -0.25) is 19.3 Å². The number of aliphatic carboxylic acids is 1. The van der Waals surface area contributed by atoms with Crippen molar-refractivity contribution in [3.05, 3.63) is 89.5 Å². The summed E-state index contributed by atoms with van der Waals surface area (Å²) in [5, 5.41) is 14.9. The first-order valence-electron chi connectivity index (χ1n) is 11.3. The lowest BCUT2D eigenvalue weighted by Gasteiger charge is -2.35. The summed E-state index contributed by atoms with van der Waals surface area (Å²) in [6.07, 6.45) is 0.115. The summed E-state index contributed by atoms with van der Waals surface area (Å²) >= 11 is 0. The summed E-state index contributed by atoms with van der Waals surface area (Å²) in [5.74, 6) is -2.08. The Kier molecular flexibility index (Phi) is 7.00. The zero-order chi connectivity index (χ0) is 25.8. The normalized spacial score (nSPS) is 15.3. The van der Waals surface area contributed by atoms with Crippen molar-refractivity contribution < 1.29 is 29.0 Å². The van der Waals surface area contributed by atoms with E-state index in [-0.39, 0.29) is 17.7 Å². The fraction of sp³-hybridized carbons (Fsp3) is 0.185. The van der Waals surface area contributed by atoms with E-state index >= 15 is 0 Å². The molecule has 3 amide bonds. The molecule has 0 aliphatic carbocycles. The summed E-state index contributed by atoms with van der Waals surface area (Å²) in [6.45, 7) is 1.61. The fourth-order valence-corrected chi connectivity index (χ4v) is 4.02. The summed E-state index contributed by atoms with van der Waals surface area (Å²) < 4.78 is 5.20. The number of amides is 3. The molecule has 1 aliphatic heterocycles. The SMILES string of the molecule is COc1cccc(C(=O)N2c3ccc(C(=O)NC(Cc4ccccc4)C(=O)O)cc3NC(=O)C2C)c1. The number of carboxylic acid groups (broad SMARTS) is 1. The number of methoxy groups -OCH3 is 1. The van der Waals surface area contributed by atoms with Gasteiger partial charge < -0.3 is 20.5 Å². The quantitative estimate of drug-likeness (QED) is 0.470. The maximum Gasteiger partial charge on any atom is 0.326 e. The molecule has 0 spiro atoms. The third-order valence-electron chi connectivity index (χ3n) is 5.96. The van der Waals surface area contributed by atoms with Crippen LogP contribution in [0.4, 0.5) is 11.4 Å². The van der Waals surface area contributed by atoms with Gasteiger partial charge >= 0.3 is 5.97 Å². The van der Waals surface area contributed by atoms with E-state index in [0.717, 1.165) is 5.56 Å². The number of nitrogens with zero attached hydrogens (tertiary/aromatic N) is 1. The van der Waals surface area contributed by atoms with Crippen LogP contribution in [0.2, 0.25) is 0 Å². The minimum atomic E-state index is -1.16. The Bertz CT molecular complexity index is 1320. The Labute approximate surface area is 207 Å². The summed E-state index contributed by atoms with van der Waals surface area (Å²) in [7, 11) is 1.50. The zero-order valence-electron chi connectivity index (χ0n) is 19.7. The van der Waals surface area contributed by atoms with Gasteiger partial charge in [0.2, 0.25) is 5.91 Å². The third-order valence-corrected chi connectivity index (χ3v) is 5.96. The molecule has 9 heteroatoms. The third kappa shape index (κ3) is 5.05. The largest absolute Gasteiger partial charge is 0.497 e. The monoisotopic (exact) mass is 487 g/mol. The molecule has 4 rings (SSSR count). The predicted octanol–water partition coefficient (Wildman–Crippen LogP) is 3.11. The number of hydrogen-bond donors (Lipinski definition) is 3. The molecule has 2 atom stereocenters. The second-order valence-electron chi connectivity index (χ2n) is 8.36. The topological polar surface area (TPSA) is 125 Å². The minimum Gasteiger partial charge on any atom is -0.497 e. The van der Waals surface area contributed by atoms with E-state index in [1.165, 1.54) is 24.1 Å². The van der Waals surface area contributed by atoms with Gasteiger partial charge in [-0.05, 0) is 48.9 Å². The van der Waals surface area contributed by atoms with Gasteiger partial charge in [0.15, 0.2) is 0 Å². The highest BCUT2D eigenvalue weighted by Crippen LogP contribution is 2.34. The molecule has 0 aromatic heterocycles. The fourth-order valence-electron chi connectivity index (χ4n) is 4.02. The number of benzene rings is 3. The summed E-state index contributed by atoms with van der Waals surface area (Å²) in [5.41, 5.74) is 1.96. The van der Waals surface area contributed by atoms with Gasteiger partial charge in [0.1, 0.15) is 17.8 Å². The molecule has 0 saturated heterocycles. The van der Waals surface area contributed by atoms with Crippen molar-refractivity contribution in [3.63, 3.8) is 0 Å². The number of carbonyl (C=O) groups excluding carboxylic acids is 3. The molecule has 36 heavy (non-hydrogen) atoms. The second kappa shape index (κ2) is 10.3. The van der Waals surface area contributed by atoms with E-state index in [0.29, 0.717) is 17.0 Å². The average Bonchev–Trinajstić information content (AvgIpc) is 2.89. The highest BCUT2D eigenvalue weighted by Gasteiger charge is 2.35. The number of anilines is 2. The van der Waals surface area contributed by atoms with Crippen molar-refractivity contribution in [2.45, 2.75) is 25.4 Å². The molecule has 9 nitrogen and oxygen atoms in total. The van der Waals surface area contributed by atoms with Gasteiger partial charge in [0, 0.05) is 17.5 Å². The second-order valence-corrected chi connectivity index (χ2v) is 8.36. The van der Waals surface area contributed by atoms with Gasteiger partial charge in [0.25, 0.3) is 11.8 Å². The van der Waals surface area contributed by atoms with Gasteiger partial charge in [0.05, 0.1) is 18.5 Å². The van der Waals surface area contributed by atoms with Gasteiger partial charge in [-0.15, -0.1) is 0 Å². The minimum absolute atomic E-state index is 0.115. The number of rotatable bonds is 7. The maximum atomic E-state index is 13.3. The van der Waals surface area contributed by atoms with Crippen molar-refractivity contribution in [2.24, 2.45) is 0 Å². The van der Waals surface area contributed by atoms with Crippen molar-refractivity contribution >= 4 is 35.1 Å². The molecule has 0 saturated carbocycles. The lowest BCUT2D eigenvalue weighted by Crippen LogP contribution is -2.49. The number of fused-ring (bicyclic) bond motifs is 1. The van der Waals surface area contributed by atoms with Crippen LogP contribution in [-0.4, -0.2) is 48.0 Å². The zero-order valence-corrected chi connectivity index (χ0v) is 19.7. The van der Waals surface area contributed by atoms with Crippen molar-refractivity contribution in [2.75, 3.05) is 17.3 Å². The Hall–Kier alpha value is -4.66. The van der Waals surface area contributed by atoms with Crippen LogP contribution in [0.5, 0.6) is 5.75 Å². The first-order chi connectivity index (χ1) is 17.3. The molecule has 0 bridgehead atoms. The molecule has 3 aromatic carbocycles. The number of nitrogens with one attached hydrogen (secondary N) is 2. The van der Waals surface area contributed by atoms with E-state index in [9.17, 15) is 24.3 Å². The Morgan fingerprint density at radius 3 is 2.47 bits per heavy atom. The molecule has 0 radical (unpaired) electrons. The number of carboxylic acids is 1. The molecule has 1 heterocycles. The molecule has 1 aliphatic rings. The molecular weight excluding hydrogens is 462 g/mol. The first kappa shape index (κ1) is 24.5. The van der Waals surface area contributed by atoms with Crippen molar-refractivity contribution in [1.82, 2.24) is 5.32 Å². The van der Waals surface area contributed by atoms with E-state index in [1.54, 1.807) is 61.5 Å². The van der Waals surface area contributed by atoms with Crippen LogP contribution in [-0.2, 0) is 16.0 Å². The predicted molar refractivity (Wildman–Crippen MR) is 133 cm³/mol. The number of ether oxygens (including phenoxy) is 1. The summed E-state index contributed by atoms with van der Waals surface area (Å²) in [4.78, 5) is 52.0. The van der Waals surface area contributed by atoms with Crippen LogP contribution in [0.3, 0.4) is 0 Å². The van der Waals surface area contributed by atoms with E-state index in [4.69, 9.17) is 4.74 Å².